The first-order chi connectivity index (χ1) is 14.2. The van der Waals surface area contributed by atoms with Gasteiger partial charge in [-0.15, -0.1) is 0 Å². The van der Waals surface area contributed by atoms with Crippen molar-refractivity contribution in [1.29, 1.82) is 0 Å². The molecule has 2 bridgehead atoms. The zero-order chi connectivity index (χ0) is 19.8. The smallest absolute Gasteiger partial charge is 0.250 e. The van der Waals surface area contributed by atoms with Crippen LogP contribution in [0, 0.1) is 5.92 Å². The Morgan fingerprint density at radius 3 is 2.55 bits per heavy atom. The molecule has 2 aromatic rings. The molecule has 1 aromatic carbocycles. The molecule has 3 aliphatic heterocycles. The molecule has 0 N–H and O–H groups in total. The minimum absolute atomic E-state index is 0.137. The number of likely N-dealkylation sites (tertiary alicyclic amines) is 1. The van der Waals surface area contributed by atoms with Gasteiger partial charge in [0, 0.05) is 61.6 Å². The maximum Gasteiger partial charge on any atom is 0.250 e. The van der Waals surface area contributed by atoms with Crippen molar-refractivity contribution in [3.05, 3.63) is 68.6 Å². The number of hydrogen-bond donors (Lipinski definition) is 0. The van der Waals surface area contributed by atoms with Gasteiger partial charge in [0.1, 0.15) is 0 Å². The number of rotatable bonds is 3. The standard InChI is InChI=1S/C24H27ClN2O2/c25-21-6-2-17(3-7-21)1-4-19-5-8-23(28)27-15-18-13-20(24(19)27)16-26(14-18)22-9-11-29-12-10-22/h1-8,18,20,22H,9-16H2/t18-,20-/m0/s1. The summed E-state index contributed by atoms with van der Waals surface area (Å²) >= 11 is 6.00. The van der Waals surface area contributed by atoms with Crippen LogP contribution in [-0.4, -0.2) is 41.8 Å². The Bertz CT molecular complexity index is 960. The molecular formula is C24H27ClN2O2. The average Bonchev–Trinajstić information content (AvgIpc) is 2.75. The number of nitrogens with zero attached hydrogens (tertiary/aromatic N) is 2. The molecule has 1 aromatic heterocycles. The van der Waals surface area contributed by atoms with Gasteiger partial charge in [-0.1, -0.05) is 35.9 Å². The predicted octanol–water partition coefficient (Wildman–Crippen LogP) is 4.27. The van der Waals surface area contributed by atoms with Crippen LogP contribution in [0.2, 0.25) is 5.02 Å². The molecule has 0 unspecified atom stereocenters. The van der Waals surface area contributed by atoms with E-state index in [9.17, 15) is 4.79 Å². The van der Waals surface area contributed by atoms with Gasteiger partial charge in [0.25, 0.3) is 5.56 Å². The molecule has 4 nitrogen and oxygen atoms in total. The van der Waals surface area contributed by atoms with E-state index in [4.69, 9.17) is 16.3 Å². The molecule has 5 heteroatoms. The van der Waals surface area contributed by atoms with Gasteiger partial charge in [-0.05, 0) is 54.5 Å². The van der Waals surface area contributed by atoms with Crippen molar-refractivity contribution in [2.75, 3.05) is 26.3 Å². The van der Waals surface area contributed by atoms with Gasteiger partial charge < -0.3 is 9.30 Å². The molecule has 0 aliphatic carbocycles. The minimum Gasteiger partial charge on any atom is -0.381 e. The second kappa shape index (κ2) is 8.10. The molecule has 152 valence electrons. The molecule has 0 saturated carbocycles. The lowest BCUT2D eigenvalue weighted by Gasteiger charge is -2.47. The Labute approximate surface area is 176 Å². The molecule has 29 heavy (non-hydrogen) atoms. The number of ether oxygens (including phenoxy) is 1. The molecule has 0 amide bonds. The van der Waals surface area contributed by atoms with E-state index in [2.05, 4.69) is 17.1 Å². The third kappa shape index (κ3) is 3.94. The lowest BCUT2D eigenvalue weighted by Crippen LogP contribution is -2.52. The van der Waals surface area contributed by atoms with E-state index in [1.54, 1.807) is 6.07 Å². The monoisotopic (exact) mass is 410 g/mol. The highest BCUT2D eigenvalue weighted by atomic mass is 35.5. The van der Waals surface area contributed by atoms with Crippen molar-refractivity contribution < 1.29 is 4.74 Å². The summed E-state index contributed by atoms with van der Waals surface area (Å²) in [7, 11) is 0. The summed E-state index contributed by atoms with van der Waals surface area (Å²) in [5.41, 5.74) is 3.63. The number of hydrogen-bond acceptors (Lipinski definition) is 3. The van der Waals surface area contributed by atoms with Crippen LogP contribution in [0.15, 0.2) is 41.2 Å². The van der Waals surface area contributed by atoms with Gasteiger partial charge in [-0.3, -0.25) is 9.69 Å². The maximum atomic E-state index is 12.6. The maximum absolute atomic E-state index is 12.6. The normalized spacial score (nSPS) is 25.3. The Kier molecular flexibility index (Phi) is 5.33. The fraction of sp³-hybridized carbons (Fsp3) is 0.458. The van der Waals surface area contributed by atoms with Gasteiger partial charge in [0.2, 0.25) is 0 Å². The van der Waals surface area contributed by atoms with E-state index in [0.29, 0.717) is 17.9 Å². The van der Waals surface area contributed by atoms with E-state index in [1.807, 2.05) is 34.9 Å². The van der Waals surface area contributed by atoms with Crippen LogP contribution in [0.1, 0.15) is 42.0 Å². The van der Waals surface area contributed by atoms with Gasteiger partial charge in [0.15, 0.2) is 0 Å². The summed E-state index contributed by atoms with van der Waals surface area (Å²) in [6.07, 6.45) is 7.71. The molecule has 2 fully saturated rings. The molecular weight excluding hydrogens is 384 g/mol. The quantitative estimate of drug-likeness (QED) is 0.757. The van der Waals surface area contributed by atoms with E-state index in [-0.39, 0.29) is 5.56 Å². The van der Waals surface area contributed by atoms with Gasteiger partial charge in [-0.2, -0.15) is 0 Å². The second-order valence-electron chi connectivity index (χ2n) is 8.60. The van der Waals surface area contributed by atoms with Gasteiger partial charge in [0.05, 0.1) is 0 Å². The number of benzene rings is 1. The van der Waals surface area contributed by atoms with Crippen LogP contribution in [-0.2, 0) is 11.3 Å². The third-order valence-electron chi connectivity index (χ3n) is 6.68. The van der Waals surface area contributed by atoms with Crippen LogP contribution in [0.3, 0.4) is 0 Å². The lowest BCUT2D eigenvalue weighted by atomic mass is 9.80. The largest absolute Gasteiger partial charge is 0.381 e. The highest BCUT2D eigenvalue weighted by Gasteiger charge is 2.38. The SMILES string of the molecule is O=c1ccc(C=Cc2ccc(Cl)cc2)c2n1C[C@H]1C[C@H]2CN(C2CCOCC2)C1. The summed E-state index contributed by atoms with van der Waals surface area (Å²) in [6.45, 7) is 4.75. The Balaban J connectivity index is 1.45. The minimum atomic E-state index is 0.137. The topological polar surface area (TPSA) is 34.5 Å². The van der Waals surface area contributed by atoms with E-state index >= 15 is 0 Å². The van der Waals surface area contributed by atoms with Crippen molar-refractivity contribution in [3.63, 3.8) is 0 Å². The van der Waals surface area contributed by atoms with Crippen LogP contribution < -0.4 is 5.56 Å². The zero-order valence-electron chi connectivity index (χ0n) is 16.6. The van der Waals surface area contributed by atoms with Crippen molar-refractivity contribution in [1.82, 2.24) is 9.47 Å². The highest BCUT2D eigenvalue weighted by Crippen LogP contribution is 2.38. The summed E-state index contributed by atoms with van der Waals surface area (Å²) in [4.78, 5) is 15.3. The van der Waals surface area contributed by atoms with Gasteiger partial charge in [-0.25, -0.2) is 0 Å². The summed E-state index contributed by atoms with van der Waals surface area (Å²) < 4.78 is 7.61. The second-order valence-corrected chi connectivity index (χ2v) is 9.04. The first-order valence-corrected chi connectivity index (χ1v) is 11.0. The summed E-state index contributed by atoms with van der Waals surface area (Å²) in [6, 6.07) is 12.2. The molecule has 0 radical (unpaired) electrons. The third-order valence-corrected chi connectivity index (χ3v) is 6.94. The van der Waals surface area contributed by atoms with E-state index in [1.165, 1.54) is 12.1 Å². The number of aromatic nitrogens is 1. The highest BCUT2D eigenvalue weighted by molar-refractivity contribution is 6.30. The van der Waals surface area contributed by atoms with Crippen LogP contribution in [0.4, 0.5) is 0 Å². The summed E-state index contributed by atoms with van der Waals surface area (Å²) in [5.74, 6) is 0.987. The zero-order valence-corrected chi connectivity index (χ0v) is 17.4. The molecule has 0 spiro atoms. The Morgan fingerprint density at radius 1 is 0.966 bits per heavy atom. The van der Waals surface area contributed by atoms with E-state index < -0.39 is 0 Å². The Hall–Kier alpha value is -1.88. The Morgan fingerprint density at radius 2 is 1.76 bits per heavy atom. The number of halogens is 1. The first kappa shape index (κ1) is 19.1. The molecule has 3 aliphatic rings. The number of pyridine rings is 1. The van der Waals surface area contributed by atoms with E-state index in [0.717, 1.165) is 61.8 Å². The molecule has 4 heterocycles. The molecule has 2 atom stereocenters. The molecule has 2 saturated heterocycles. The van der Waals surface area contributed by atoms with Crippen molar-refractivity contribution in [2.45, 2.75) is 37.8 Å². The molecule has 5 rings (SSSR count). The fourth-order valence-electron chi connectivity index (χ4n) is 5.33. The van der Waals surface area contributed by atoms with Gasteiger partial charge >= 0.3 is 0 Å². The van der Waals surface area contributed by atoms with Crippen LogP contribution in [0.5, 0.6) is 0 Å². The lowest BCUT2D eigenvalue weighted by molar-refractivity contribution is 0.00584. The number of piperidine rings is 1. The van der Waals surface area contributed by atoms with Crippen molar-refractivity contribution in [3.8, 4) is 0 Å². The van der Waals surface area contributed by atoms with Crippen LogP contribution >= 0.6 is 11.6 Å². The summed E-state index contributed by atoms with van der Waals surface area (Å²) in [5, 5.41) is 0.743. The number of fused-ring (bicyclic) bond motifs is 4. The van der Waals surface area contributed by atoms with Crippen molar-refractivity contribution >= 4 is 23.8 Å². The first-order valence-electron chi connectivity index (χ1n) is 10.7. The van der Waals surface area contributed by atoms with Crippen LogP contribution in [0.25, 0.3) is 12.2 Å². The predicted molar refractivity (Wildman–Crippen MR) is 117 cm³/mol. The van der Waals surface area contributed by atoms with Crippen molar-refractivity contribution in [2.24, 2.45) is 5.92 Å². The average molecular weight is 411 g/mol. The fourth-order valence-corrected chi connectivity index (χ4v) is 5.46.